The molecule has 0 aliphatic heterocycles. The van der Waals surface area contributed by atoms with Gasteiger partial charge in [-0.2, -0.15) is 5.26 Å². The third-order valence-electron chi connectivity index (χ3n) is 2.65. The van der Waals surface area contributed by atoms with Crippen LogP contribution in [0.25, 0.3) is 0 Å². The number of nitrogens with one attached hydrogen (secondary N) is 1. The number of nitrogens with zero attached hydrogens (tertiary/aromatic N) is 1. The Morgan fingerprint density at radius 3 is 2.33 bits per heavy atom. The summed E-state index contributed by atoms with van der Waals surface area (Å²) in [6, 6.07) is 7.43. The van der Waals surface area contributed by atoms with Crippen molar-refractivity contribution in [1.29, 1.82) is 5.26 Å². The molecule has 0 atom stereocenters. The number of carboxylic acids is 1. The molecule has 2 aromatic carbocycles. The van der Waals surface area contributed by atoms with Crippen LogP contribution < -0.4 is 5.32 Å². The summed E-state index contributed by atoms with van der Waals surface area (Å²) in [6.07, 6.45) is 0. The molecule has 0 spiro atoms. The molecular weight excluding hydrogens is 302 g/mol. The van der Waals surface area contributed by atoms with Crippen molar-refractivity contribution in [1.82, 2.24) is 0 Å². The van der Waals surface area contributed by atoms with E-state index in [0.717, 1.165) is 0 Å². The fraction of sp³-hybridized carbons (Fsp3) is 0. The summed E-state index contributed by atoms with van der Waals surface area (Å²) in [7, 11) is 0. The molecule has 0 saturated carbocycles. The lowest BCUT2D eigenvalue weighted by Gasteiger charge is -2.11. The highest BCUT2D eigenvalue weighted by molar-refractivity contribution is 6.33. The molecule has 21 heavy (non-hydrogen) atoms. The van der Waals surface area contributed by atoms with Gasteiger partial charge in [-0.1, -0.05) is 11.6 Å². The Morgan fingerprint density at radius 2 is 1.86 bits per heavy atom. The van der Waals surface area contributed by atoms with Crippen molar-refractivity contribution in [3.63, 3.8) is 0 Å². The van der Waals surface area contributed by atoms with Gasteiger partial charge in [0, 0.05) is 0 Å². The SMILES string of the molecule is N#Cc1ccc(Nc2c(F)cc(C(=O)O)cc2F)c(Cl)c1. The normalized spacial score (nSPS) is 10.0. The molecule has 4 nitrogen and oxygen atoms in total. The van der Waals surface area contributed by atoms with Crippen LogP contribution in [0.15, 0.2) is 30.3 Å². The minimum atomic E-state index is -1.43. The quantitative estimate of drug-likeness (QED) is 0.901. The number of anilines is 2. The largest absolute Gasteiger partial charge is 0.478 e. The van der Waals surface area contributed by atoms with Gasteiger partial charge in [-0.3, -0.25) is 0 Å². The third kappa shape index (κ3) is 3.09. The van der Waals surface area contributed by atoms with Crippen LogP contribution in [-0.2, 0) is 0 Å². The molecule has 106 valence electrons. The van der Waals surface area contributed by atoms with Crippen molar-refractivity contribution in [3.8, 4) is 6.07 Å². The highest BCUT2D eigenvalue weighted by Crippen LogP contribution is 2.29. The maximum atomic E-state index is 13.8. The summed E-state index contributed by atoms with van der Waals surface area (Å²) in [4.78, 5) is 10.7. The van der Waals surface area contributed by atoms with E-state index < -0.39 is 28.9 Å². The van der Waals surface area contributed by atoms with Gasteiger partial charge in [-0.15, -0.1) is 0 Å². The van der Waals surface area contributed by atoms with E-state index in [4.69, 9.17) is 22.0 Å². The second-order valence-corrected chi connectivity index (χ2v) is 4.46. The highest BCUT2D eigenvalue weighted by Gasteiger charge is 2.15. The summed E-state index contributed by atoms with van der Waals surface area (Å²) in [5.41, 5.74) is -0.530. The number of hydrogen-bond acceptors (Lipinski definition) is 3. The molecule has 0 heterocycles. The first-order valence-electron chi connectivity index (χ1n) is 5.61. The summed E-state index contributed by atoms with van der Waals surface area (Å²) in [6.45, 7) is 0. The first-order valence-corrected chi connectivity index (χ1v) is 5.99. The van der Waals surface area contributed by atoms with Crippen molar-refractivity contribution < 1.29 is 18.7 Å². The summed E-state index contributed by atoms with van der Waals surface area (Å²) >= 11 is 5.89. The smallest absolute Gasteiger partial charge is 0.335 e. The number of aromatic carboxylic acids is 1. The number of benzene rings is 2. The van der Waals surface area contributed by atoms with Crippen LogP contribution in [0.2, 0.25) is 5.02 Å². The maximum Gasteiger partial charge on any atom is 0.335 e. The molecule has 0 bridgehead atoms. The van der Waals surface area contributed by atoms with Gasteiger partial charge in [0.05, 0.1) is 27.9 Å². The van der Waals surface area contributed by atoms with E-state index in [9.17, 15) is 13.6 Å². The summed E-state index contributed by atoms with van der Waals surface area (Å²) < 4.78 is 27.5. The molecule has 0 aliphatic rings. The van der Waals surface area contributed by atoms with Gasteiger partial charge in [-0.05, 0) is 30.3 Å². The fourth-order valence-corrected chi connectivity index (χ4v) is 1.86. The van der Waals surface area contributed by atoms with Crippen molar-refractivity contribution in [3.05, 3.63) is 58.1 Å². The Bertz CT molecular complexity index is 749. The first-order chi connectivity index (χ1) is 9.92. The van der Waals surface area contributed by atoms with Gasteiger partial charge in [0.25, 0.3) is 0 Å². The molecular formula is C14H7ClF2N2O2. The molecule has 0 saturated heterocycles. The van der Waals surface area contributed by atoms with Crippen LogP contribution >= 0.6 is 11.6 Å². The average molecular weight is 309 g/mol. The van der Waals surface area contributed by atoms with Crippen LogP contribution in [0.1, 0.15) is 15.9 Å². The highest BCUT2D eigenvalue weighted by atomic mass is 35.5. The molecule has 2 rings (SSSR count). The van der Waals surface area contributed by atoms with Crippen molar-refractivity contribution in [2.24, 2.45) is 0 Å². The first kappa shape index (κ1) is 14.8. The molecule has 0 fully saturated rings. The van der Waals surface area contributed by atoms with E-state index >= 15 is 0 Å². The third-order valence-corrected chi connectivity index (χ3v) is 2.96. The van der Waals surface area contributed by atoms with Crippen LogP contribution in [0.4, 0.5) is 20.2 Å². The molecule has 2 aromatic rings. The van der Waals surface area contributed by atoms with Gasteiger partial charge in [0.1, 0.15) is 5.69 Å². The van der Waals surface area contributed by atoms with Gasteiger partial charge < -0.3 is 10.4 Å². The molecule has 7 heteroatoms. The van der Waals surface area contributed by atoms with Crippen LogP contribution in [0.5, 0.6) is 0 Å². The second kappa shape index (κ2) is 5.77. The Hall–Kier alpha value is -2.65. The lowest BCUT2D eigenvalue weighted by Crippen LogP contribution is -2.03. The van der Waals surface area contributed by atoms with Crippen LogP contribution in [0, 0.1) is 23.0 Å². The van der Waals surface area contributed by atoms with Gasteiger partial charge in [0.15, 0.2) is 11.6 Å². The van der Waals surface area contributed by atoms with Crippen molar-refractivity contribution in [2.75, 3.05) is 5.32 Å². The van der Waals surface area contributed by atoms with Gasteiger partial charge >= 0.3 is 5.97 Å². The number of rotatable bonds is 3. The van der Waals surface area contributed by atoms with E-state index in [1.165, 1.54) is 18.2 Å². The number of nitriles is 1. The molecule has 0 amide bonds. The predicted octanol–water partition coefficient (Wildman–Crippen LogP) is 3.93. The topological polar surface area (TPSA) is 73.1 Å². The van der Waals surface area contributed by atoms with Gasteiger partial charge in [0.2, 0.25) is 0 Å². The zero-order valence-corrected chi connectivity index (χ0v) is 11.1. The predicted molar refractivity (Wildman–Crippen MR) is 72.8 cm³/mol. The van der Waals surface area contributed by atoms with E-state index in [-0.39, 0.29) is 10.7 Å². The maximum absolute atomic E-state index is 13.8. The molecule has 0 aromatic heterocycles. The minimum Gasteiger partial charge on any atom is -0.478 e. The molecule has 2 N–H and O–H groups in total. The molecule has 0 radical (unpaired) electrons. The van der Waals surface area contributed by atoms with Crippen LogP contribution in [0.3, 0.4) is 0 Å². The van der Waals surface area contributed by atoms with Crippen molar-refractivity contribution in [2.45, 2.75) is 0 Å². The number of carbonyl (C=O) groups is 1. The fourth-order valence-electron chi connectivity index (χ4n) is 1.64. The van der Waals surface area contributed by atoms with E-state index in [0.29, 0.717) is 17.7 Å². The Balaban J connectivity index is 2.41. The Morgan fingerprint density at radius 1 is 1.24 bits per heavy atom. The average Bonchev–Trinajstić information content (AvgIpc) is 2.43. The van der Waals surface area contributed by atoms with E-state index in [2.05, 4.69) is 5.32 Å². The number of halogens is 3. The van der Waals surface area contributed by atoms with Crippen molar-refractivity contribution >= 4 is 28.9 Å². The Labute approximate surface area is 123 Å². The summed E-state index contributed by atoms with van der Waals surface area (Å²) in [5.74, 6) is -3.56. The van der Waals surface area contributed by atoms with Gasteiger partial charge in [-0.25, -0.2) is 13.6 Å². The molecule has 0 aliphatic carbocycles. The minimum absolute atomic E-state index is 0.107. The number of hydrogen-bond donors (Lipinski definition) is 2. The van der Waals surface area contributed by atoms with E-state index in [1.807, 2.05) is 6.07 Å². The lowest BCUT2D eigenvalue weighted by molar-refractivity contribution is 0.0696. The van der Waals surface area contributed by atoms with E-state index in [1.54, 1.807) is 0 Å². The standard InChI is InChI=1S/C14H7ClF2N2O2/c15-9-3-7(6-18)1-2-12(9)19-13-10(16)4-8(14(20)21)5-11(13)17/h1-5,19H,(H,20,21). The number of carboxylic acid groups (broad SMARTS) is 1. The molecule has 0 unspecified atom stereocenters. The zero-order valence-electron chi connectivity index (χ0n) is 10.3. The summed E-state index contributed by atoms with van der Waals surface area (Å²) in [5, 5.41) is 20.0. The zero-order chi connectivity index (χ0) is 15.6. The Kier molecular flexibility index (Phi) is 4.05. The second-order valence-electron chi connectivity index (χ2n) is 4.05. The monoisotopic (exact) mass is 308 g/mol. The van der Waals surface area contributed by atoms with Crippen LogP contribution in [-0.4, -0.2) is 11.1 Å². The lowest BCUT2D eigenvalue weighted by atomic mass is 10.1.